The number of nitrogens with one attached hydrogen (secondary N) is 1. The van der Waals surface area contributed by atoms with Gasteiger partial charge in [-0.2, -0.15) is 5.26 Å². The summed E-state index contributed by atoms with van der Waals surface area (Å²) in [5.41, 5.74) is 2.79. The zero-order valence-electron chi connectivity index (χ0n) is 24.2. The van der Waals surface area contributed by atoms with Gasteiger partial charge in [-0.15, -0.1) is 0 Å². The molecular formula is C29H44N6O4Si. The van der Waals surface area contributed by atoms with Crippen molar-refractivity contribution in [2.75, 3.05) is 45.9 Å². The van der Waals surface area contributed by atoms with Gasteiger partial charge < -0.3 is 24.6 Å². The number of rotatable bonds is 13. The third-order valence-electron chi connectivity index (χ3n) is 7.09. The van der Waals surface area contributed by atoms with Gasteiger partial charge in [0, 0.05) is 60.1 Å². The summed E-state index contributed by atoms with van der Waals surface area (Å²) in [7, 11) is -1.23. The van der Waals surface area contributed by atoms with Gasteiger partial charge in [0.2, 0.25) is 5.82 Å². The van der Waals surface area contributed by atoms with Gasteiger partial charge in [0.1, 0.15) is 12.8 Å². The molecule has 1 aromatic rings. The molecule has 11 heteroatoms. The molecule has 0 saturated carbocycles. The number of imidazole rings is 1. The Kier molecular flexibility index (Phi) is 12.2. The van der Waals surface area contributed by atoms with Gasteiger partial charge in [0.05, 0.1) is 0 Å². The Morgan fingerprint density at radius 3 is 2.65 bits per heavy atom. The van der Waals surface area contributed by atoms with E-state index in [0.29, 0.717) is 39.3 Å². The molecule has 1 saturated heterocycles. The van der Waals surface area contributed by atoms with E-state index in [4.69, 9.17) is 4.74 Å². The molecule has 1 aliphatic heterocycles. The molecular weight excluding hydrogens is 524 g/mol. The third-order valence-corrected chi connectivity index (χ3v) is 8.80. The SMILES string of the molecule is C[Si](C)(C)CCOCn1cc(C#N)nc1C(=O)NC/C=C\C(=C/CC1=CCCCC1)CN1CCN(C(=O)O)CC1. The summed E-state index contributed by atoms with van der Waals surface area (Å²) in [6, 6.07) is 3.02. The van der Waals surface area contributed by atoms with E-state index in [1.165, 1.54) is 23.3 Å². The molecule has 2 heterocycles. The van der Waals surface area contributed by atoms with Crippen LogP contribution in [-0.4, -0.2) is 90.4 Å². The van der Waals surface area contributed by atoms with E-state index in [-0.39, 0.29) is 24.2 Å². The van der Waals surface area contributed by atoms with Crippen LogP contribution in [0.1, 0.15) is 48.4 Å². The molecule has 1 aliphatic carbocycles. The minimum Gasteiger partial charge on any atom is -0.465 e. The molecule has 0 atom stereocenters. The lowest BCUT2D eigenvalue weighted by Crippen LogP contribution is -2.48. The number of carbonyl (C=O) groups is 2. The Labute approximate surface area is 239 Å². The van der Waals surface area contributed by atoms with Crippen LogP contribution >= 0.6 is 0 Å². The van der Waals surface area contributed by atoms with Crippen LogP contribution in [0.2, 0.25) is 25.7 Å². The third kappa shape index (κ3) is 10.8. The van der Waals surface area contributed by atoms with E-state index in [0.717, 1.165) is 37.4 Å². The molecule has 2 aliphatic rings. The molecule has 0 spiro atoms. The number of carboxylic acid groups (broad SMARTS) is 1. The predicted molar refractivity (Wildman–Crippen MR) is 158 cm³/mol. The van der Waals surface area contributed by atoms with E-state index < -0.39 is 14.2 Å². The van der Waals surface area contributed by atoms with Crippen molar-refractivity contribution in [3.63, 3.8) is 0 Å². The van der Waals surface area contributed by atoms with Crippen molar-refractivity contribution >= 4 is 20.1 Å². The second kappa shape index (κ2) is 15.5. The first-order valence-electron chi connectivity index (χ1n) is 14.2. The highest BCUT2D eigenvalue weighted by molar-refractivity contribution is 6.76. The number of ether oxygens (including phenoxy) is 1. The fraction of sp³-hybridized carbons (Fsp3) is 0.586. The smallest absolute Gasteiger partial charge is 0.407 e. The summed E-state index contributed by atoms with van der Waals surface area (Å²) in [5.74, 6) is -0.197. The fourth-order valence-electron chi connectivity index (χ4n) is 4.62. The highest BCUT2D eigenvalue weighted by atomic mass is 28.3. The standard InChI is InChI=1S/C29H44N6O4Si/c1-40(2,3)19-18-39-23-35-22-26(20-30)32-27(35)28(36)31-13-7-10-25(12-11-24-8-5-4-6-9-24)21-33-14-16-34(17-15-33)29(37)38/h7-8,10,12,22H,4-6,9,11,13-19,21,23H2,1-3H3,(H,31,36)(H,37,38)/b10-7-,25-12+. The number of carbonyl (C=O) groups excluding carboxylic acids is 1. The molecule has 10 nitrogen and oxygen atoms in total. The van der Waals surface area contributed by atoms with E-state index in [1.54, 1.807) is 10.8 Å². The first kappa shape index (κ1) is 31.3. The zero-order chi connectivity index (χ0) is 29.0. The van der Waals surface area contributed by atoms with Gasteiger partial charge in [0.15, 0.2) is 5.69 Å². The summed E-state index contributed by atoms with van der Waals surface area (Å²) in [5, 5.41) is 21.4. The largest absolute Gasteiger partial charge is 0.465 e. The predicted octanol–water partition coefficient (Wildman–Crippen LogP) is 4.47. The first-order valence-corrected chi connectivity index (χ1v) is 17.9. The number of nitrogens with zero attached hydrogens (tertiary/aromatic N) is 5. The molecule has 1 fully saturated rings. The van der Waals surface area contributed by atoms with Crippen molar-refractivity contribution in [3.05, 3.63) is 53.2 Å². The number of allylic oxidation sites excluding steroid dienone is 3. The molecule has 3 rings (SSSR count). The number of aromatic nitrogens is 2. The van der Waals surface area contributed by atoms with Crippen LogP contribution in [0.25, 0.3) is 0 Å². The molecule has 2 amide bonds. The van der Waals surface area contributed by atoms with Crippen molar-refractivity contribution in [1.82, 2.24) is 24.7 Å². The topological polar surface area (TPSA) is 124 Å². The molecule has 218 valence electrons. The van der Waals surface area contributed by atoms with E-state index in [2.05, 4.69) is 47.0 Å². The van der Waals surface area contributed by atoms with Gasteiger partial charge in [-0.05, 0) is 43.7 Å². The van der Waals surface area contributed by atoms with Crippen molar-refractivity contribution < 1.29 is 19.4 Å². The lowest BCUT2D eigenvalue weighted by atomic mass is 9.96. The monoisotopic (exact) mass is 568 g/mol. The molecule has 2 N–H and O–H groups in total. The van der Waals surface area contributed by atoms with Crippen molar-refractivity contribution in [1.29, 1.82) is 5.26 Å². The maximum atomic E-state index is 12.9. The van der Waals surface area contributed by atoms with Crippen LogP contribution in [0.4, 0.5) is 4.79 Å². The van der Waals surface area contributed by atoms with Crippen LogP contribution in [0.5, 0.6) is 0 Å². The van der Waals surface area contributed by atoms with E-state index in [1.807, 2.05) is 18.2 Å². The second-order valence-electron chi connectivity index (χ2n) is 11.6. The average Bonchev–Trinajstić information content (AvgIpc) is 3.35. The van der Waals surface area contributed by atoms with Crippen LogP contribution in [-0.2, 0) is 11.5 Å². The molecule has 40 heavy (non-hydrogen) atoms. The summed E-state index contributed by atoms with van der Waals surface area (Å²) in [6.07, 6.45) is 14.9. The van der Waals surface area contributed by atoms with Crippen LogP contribution in [0, 0.1) is 11.3 Å². The van der Waals surface area contributed by atoms with Crippen molar-refractivity contribution in [2.45, 2.75) is 64.5 Å². The minimum absolute atomic E-state index is 0.161. The quantitative estimate of drug-likeness (QED) is 0.156. The number of amides is 2. The Morgan fingerprint density at radius 1 is 1.23 bits per heavy atom. The van der Waals surface area contributed by atoms with Gasteiger partial charge in [-0.1, -0.05) is 49.5 Å². The maximum Gasteiger partial charge on any atom is 0.407 e. The van der Waals surface area contributed by atoms with Gasteiger partial charge >= 0.3 is 6.09 Å². The van der Waals surface area contributed by atoms with E-state index in [9.17, 15) is 20.0 Å². The molecule has 1 aromatic heterocycles. The molecule has 0 radical (unpaired) electrons. The summed E-state index contributed by atoms with van der Waals surface area (Å²) >= 11 is 0. The minimum atomic E-state index is -1.23. The summed E-state index contributed by atoms with van der Waals surface area (Å²) in [6.45, 7) is 11.1. The van der Waals surface area contributed by atoms with Crippen molar-refractivity contribution in [2.24, 2.45) is 0 Å². The Hall–Kier alpha value is -3.20. The number of hydrogen-bond donors (Lipinski definition) is 2. The lowest BCUT2D eigenvalue weighted by molar-refractivity contribution is 0.0785. The summed E-state index contributed by atoms with van der Waals surface area (Å²) in [4.78, 5) is 32.0. The van der Waals surface area contributed by atoms with Crippen LogP contribution in [0.3, 0.4) is 0 Å². The molecule has 0 bridgehead atoms. The molecule has 0 unspecified atom stereocenters. The van der Waals surface area contributed by atoms with Gasteiger partial charge in [-0.3, -0.25) is 9.69 Å². The van der Waals surface area contributed by atoms with Crippen molar-refractivity contribution in [3.8, 4) is 6.07 Å². The first-order chi connectivity index (χ1) is 19.1. The number of nitriles is 1. The average molecular weight is 569 g/mol. The van der Waals surface area contributed by atoms with Crippen LogP contribution in [0.15, 0.2) is 41.6 Å². The highest BCUT2D eigenvalue weighted by Gasteiger charge is 2.21. The zero-order valence-corrected chi connectivity index (χ0v) is 25.2. The lowest BCUT2D eigenvalue weighted by Gasteiger charge is -2.33. The van der Waals surface area contributed by atoms with E-state index >= 15 is 0 Å². The Bertz CT molecular complexity index is 1140. The second-order valence-corrected chi connectivity index (χ2v) is 17.3. The number of piperazine rings is 1. The molecule has 0 aromatic carbocycles. The Balaban J connectivity index is 1.58. The Morgan fingerprint density at radius 2 is 2.00 bits per heavy atom. The van der Waals surface area contributed by atoms with Gasteiger partial charge in [0.25, 0.3) is 5.91 Å². The fourth-order valence-corrected chi connectivity index (χ4v) is 5.38. The van der Waals surface area contributed by atoms with Gasteiger partial charge in [-0.25, -0.2) is 9.78 Å². The summed E-state index contributed by atoms with van der Waals surface area (Å²) < 4.78 is 7.36. The normalized spacial score (nSPS) is 17.1. The number of hydrogen-bond acceptors (Lipinski definition) is 6. The highest BCUT2D eigenvalue weighted by Crippen LogP contribution is 2.21. The maximum absolute atomic E-state index is 12.9. The van der Waals surface area contributed by atoms with Crippen LogP contribution < -0.4 is 5.32 Å².